The molecule has 0 atom stereocenters. The Morgan fingerprint density at radius 2 is 1.96 bits per heavy atom. The Morgan fingerprint density at radius 3 is 2.64 bits per heavy atom. The molecule has 1 aliphatic rings. The van der Waals surface area contributed by atoms with Crippen molar-refractivity contribution in [2.45, 2.75) is 26.7 Å². The van der Waals surface area contributed by atoms with E-state index in [1.807, 2.05) is 12.1 Å². The van der Waals surface area contributed by atoms with E-state index >= 15 is 0 Å². The summed E-state index contributed by atoms with van der Waals surface area (Å²) in [6.07, 6.45) is 4.15. The Bertz CT molecular complexity index is 838. The average Bonchev–Trinajstić information content (AvgIpc) is 2.60. The smallest absolute Gasteiger partial charge is 0.209 e. The van der Waals surface area contributed by atoms with Crippen molar-refractivity contribution in [1.29, 1.82) is 0 Å². The molecule has 1 fully saturated rings. The van der Waals surface area contributed by atoms with E-state index in [9.17, 15) is 4.79 Å². The monoisotopic (exact) mass is 338 g/mol. The van der Waals surface area contributed by atoms with Gasteiger partial charge in [0.05, 0.1) is 17.1 Å². The largest absolute Gasteiger partial charge is 0.387 e. The quantitative estimate of drug-likeness (QED) is 0.931. The summed E-state index contributed by atoms with van der Waals surface area (Å²) >= 11 is 0. The number of nitrogens with zero attached hydrogens (tertiary/aromatic N) is 3. The molecule has 3 rings (SSSR count). The molecule has 5 heteroatoms. The van der Waals surface area contributed by atoms with Crippen LogP contribution in [0.5, 0.6) is 0 Å². The minimum atomic E-state index is -0.132. The molecule has 0 unspecified atom stereocenters. The van der Waals surface area contributed by atoms with Gasteiger partial charge in [-0.05, 0) is 30.4 Å². The van der Waals surface area contributed by atoms with Gasteiger partial charge in [0.15, 0.2) is 5.69 Å². The van der Waals surface area contributed by atoms with Crippen LogP contribution in [0.25, 0.3) is 11.4 Å². The minimum Gasteiger partial charge on any atom is -0.387 e. The lowest BCUT2D eigenvalue weighted by atomic mass is 9.84. The molecule has 1 aliphatic heterocycles. The van der Waals surface area contributed by atoms with E-state index < -0.39 is 0 Å². The van der Waals surface area contributed by atoms with Crippen LogP contribution in [0.15, 0.2) is 47.9 Å². The maximum Gasteiger partial charge on any atom is 0.209 e. The molecule has 0 saturated carbocycles. The number of nitrogens with one attached hydrogen (secondary N) is 1. The zero-order chi connectivity index (χ0) is 18.0. The number of aromatic nitrogens is 2. The van der Waals surface area contributed by atoms with Crippen molar-refractivity contribution < 1.29 is 0 Å². The second-order valence-corrected chi connectivity index (χ2v) is 7.38. The molecule has 1 aromatic carbocycles. The lowest BCUT2D eigenvalue weighted by Gasteiger charge is -2.40. The third-order valence-corrected chi connectivity index (χ3v) is 4.77. The highest BCUT2D eigenvalue weighted by molar-refractivity contribution is 5.63. The highest BCUT2D eigenvalue weighted by Gasteiger charge is 2.27. The molecule has 0 aliphatic carbocycles. The van der Waals surface area contributed by atoms with E-state index in [1.165, 1.54) is 12.8 Å². The predicted octanol–water partition coefficient (Wildman–Crippen LogP) is 3.05. The fourth-order valence-electron chi connectivity index (χ4n) is 3.42. The van der Waals surface area contributed by atoms with E-state index in [1.54, 1.807) is 24.0 Å². The van der Waals surface area contributed by atoms with Gasteiger partial charge in [0.25, 0.3) is 0 Å². The molecule has 0 amide bonds. The lowest BCUT2D eigenvalue weighted by Crippen LogP contribution is -2.40. The summed E-state index contributed by atoms with van der Waals surface area (Å²) in [4.78, 5) is 14.5. The van der Waals surface area contributed by atoms with Crippen LogP contribution in [0.4, 0.5) is 5.69 Å². The first-order chi connectivity index (χ1) is 11.9. The Balaban J connectivity index is 2.05. The Morgan fingerprint density at radius 1 is 1.24 bits per heavy atom. The molecule has 25 heavy (non-hydrogen) atoms. The Kier molecular flexibility index (Phi) is 4.66. The third kappa shape index (κ3) is 3.60. The van der Waals surface area contributed by atoms with Crippen molar-refractivity contribution in [1.82, 2.24) is 15.1 Å². The van der Waals surface area contributed by atoms with Crippen LogP contribution in [0.1, 0.15) is 32.4 Å². The van der Waals surface area contributed by atoms with Crippen LogP contribution in [0, 0.1) is 5.41 Å². The molecule has 5 nitrogen and oxygen atoms in total. The van der Waals surface area contributed by atoms with Gasteiger partial charge < -0.3 is 10.2 Å². The predicted molar refractivity (Wildman–Crippen MR) is 103 cm³/mol. The molecule has 0 radical (unpaired) electrons. The van der Waals surface area contributed by atoms with Crippen molar-refractivity contribution >= 4 is 11.4 Å². The first-order valence-electron chi connectivity index (χ1n) is 8.73. The number of para-hydroxylation sites is 2. The van der Waals surface area contributed by atoms with Gasteiger partial charge in [0, 0.05) is 32.4 Å². The van der Waals surface area contributed by atoms with Gasteiger partial charge in [-0.25, -0.2) is 4.68 Å². The standard InChI is InChI=1S/C20H26N4O/c1-15(21-4)19-18(25)10-13-24(22-19)17-9-6-5-8-16(17)23-12-7-11-20(2,3)14-23/h5-6,8-10,13,21H,1,7,11-12,14H2,2-4H3. The third-order valence-electron chi connectivity index (χ3n) is 4.77. The van der Waals surface area contributed by atoms with E-state index in [-0.39, 0.29) is 5.43 Å². The SMILES string of the molecule is C=C(NC)c1nn(-c2ccccc2N2CCCC(C)(C)C2)ccc1=O. The molecule has 2 heterocycles. The highest BCUT2D eigenvalue weighted by atomic mass is 16.1. The van der Waals surface area contributed by atoms with Gasteiger partial charge in [-0.1, -0.05) is 32.6 Å². The molecule has 2 aromatic rings. The number of rotatable bonds is 4. The zero-order valence-corrected chi connectivity index (χ0v) is 15.2. The maximum atomic E-state index is 12.1. The van der Waals surface area contributed by atoms with Gasteiger partial charge in [-0.2, -0.15) is 5.10 Å². The second kappa shape index (κ2) is 6.75. The number of piperidine rings is 1. The topological polar surface area (TPSA) is 50.2 Å². The van der Waals surface area contributed by atoms with E-state index in [4.69, 9.17) is 0 Å². The van der Waals surface area contributed by atoms with Crippen LogP contribution >= 0.6 is 0 Å². The van der Waals surface area contributed by atoms with Crippen LogP contribution in [0.2, 0.25) is 0 Å². The summed E-state index contributed by atoms with van der Waals surface area (Å²) in [5.41, 5.74) is 3.16. The first kappa shape index (κ1) is 17.3. The molecule has 132 valence electrons. The highest BCUT2D eigenvalue weighted by Crippen LogP contribution is 2.34. The molecule has 0 bridgehead atoms. The lowest BCUT2D eigenvalue weighted by molar-refractivity contribution is 0.293. The van der Waals surface area contributed by atoms with Crippen molar-refractivity contribution in [2.75, 3.05) is 25.0 Å². The van der Waals surface area contributed by atoms with Crippen LogP contribution < -0.4 is 15.6 Å². The van der Waals surface area contributed by atoms with Gasteiger partial charge in [-0.3, -0.25) is 4.79 Å². The van der Waals surface area contributed by atoms with Crippen LogP contribution in [-0.2, 0) is 0 Å². The minimum absolute atomic E-state index is 0.132. The number of anilines is 1. The van der Waals surface area contributed by atoms with Gasteiger partial charge in [-0.15, -0.1) is 0 Å². The fraction of sp³-hybridized carbons (Fsp3) is 0.400. The normalized spacial score (nSPS) is 16.5. The maximum absolute atomic E-state index is 12.1. The molecule has 1 saturated heterocycles. The number of hydrogen-bond donors (Lipinski definition) is 1. The summed E-state index contributed by atoms with van der Waals surface area (Å²) in [7, 11) is 1.74. The van der Waals surface area contributed by atoms with Gasteiger partial charge in [0.2, 0.25) is 5.43 Å². The molecular weight excluding hydrogens is 312 g/mol. The first-order valence-corrected chi connectivity index (χ1v) is 8.73. The summed E-state index contributed by atoms with van der Waals surface area (Å²) < 4.78 is 1.77. The summed E-state index contributed by atoms with van der Waals surface area (Å²) in [5.74, 6) is 0. The summed E-state index contributed by atoms with van der Waals surface area (Å²) in [6.45, 7) is 10.6. The Hall–Kier alpha value is -2.56. The van der Waals surface area contributed by atoms with Gasteiger partial charge in [0.1, 0.15) is 0 Å². The van der Waals surface area contributed by atoms with Crippen LogP contribution in [-0.4, -0.2) is 29.9 Å². The summed E-state index contributed by atoms with van der Waals surface area (Å²) in [6, 6.07) is 9.77. The molecule has 1 aromatic heterocycles. The fourth-order valence-corrected chi connectivity index (χ4v) is 3.42. The molecule has 0 spiro atoms. The van der Waals surface area contributed by atoms with Crippen molar-refractivity contribution in [3.05, 3.63) is 59.0 Å². The number of benzene rings is 1. The molecule has 1 N–H and O–H groups in total. The van der Waals surface area contributed by atoms with Crippen molar-refractivity contribution in [2.24, 2.45) is 5.41 Å². The number of hydrogen-bond acceptors (Lipinski definition) is 4. The van der Waals surface area contributed by atoms with Crippen molar-refractivity contribution in [3.63, 3.8) is 0 Å². The van der Waals surface area contributed by atoms with Gasteiger partial charge >= 0.3 is 0 Å². The van der Waals surface area contributed by atoms with E-state index in [0.717, 1.165) is 24.5 Å². The van der Waals surface area contributed by atoms with Crippen LogP contribution in [0.3, 0.4) is 0 Å². The molecular formula is C20H26N4O. The van der Waals surface area contributed by atoms with E-state index in [0.29, 0.717) is 16.8 Å². The Labute approximate surface area is 149 Å². The van der Waals surface area contributed by atoms with Crippen molar-refractivity contribution in [3.8, 4) is 5.69 Å². The van der Waals surface area contributed by atoms with E-state index in [2.05, 4.69) is 47.9 Å². The summed E-state index contributed by atoms with van der Waals surface area (Å²) in [5, 5.41) is 7.43. The second-order valence-electron chi connectivity index (χ2n) is 7.38. The zero-order valence-electron chi connectivity index (χ0n) is 15.2. The average molecular weight is 338 g/mol.